The highest BCUT2D eigenvalue weighted by Gasteiger charge is 2.34. The van der Waals surface area contributed by atoms with Gasteiger partial charge in [-0.05, 0) is 43.2 Å². The summed E-state index contributed by atoms with van der Waals surface area (Å²) in [5.74, 6) is 0.876. The van der Waals surface area contributed by atoms with Crippen molar-refractivity contribution < 1.29 is 14.3 Å². The smallest absolute Gasteiger partial charge is 0.269 e. The molecule has 2 unspecified atom stereocenters. The van der Waals surface area contributed by atoms with E-state index in [9.17, 15) is 9.59 Å². The Labute approximate surface area is 156 Å². The van der Waals surface area contributed by atoms with Crippen molar-refractivity contribution in [1.29, 1.82) is 0 Å². The molecule has 6 nitrogen and oxygen atoms in total. The molecule has 1 aliphatic heterocycles. The van der Waals surface area contributed by atoms with Gasteiger partial charge in [0, 0.05) is 17.1 Å². The highest BCUT2D eigenvalue weighted by molar-refractivity contribution is 5.97. The highest BCUT2D eigenvalue weighted by atomic mass is 16.6. The number of hydrogen-bond donors (Lipinski definition) is 2. The van der Waals surface area contributed by atoms with E-state index in [4.69, 9.17) is 9.47 Å². The Bertz CT molecular complexity index is 1070. The van der Waals surface area contributed by atoms with Crippen LogP contribution in [0, 0.1) is 0 Å². The average molecular weight is 364 g/mol. The predicted molar refractivity (Wildman–Crippen MR) is 104 cm³/mol. The topological polar surface area (TPSA) is 80.4 Å². The van der Waals surface area contributed by atoms with Crippen LogP contribution in [0.15, 0.2) is 53.3 Å². The van der Waals surface area contributed by atoms with Crippen LogP contribution in [0.25, 0.3) is 10.9 Å². The van der Waals surface area contributed by atoms with Gasteiger partial charge in [0.25, 0.3) is 5.91 Å². The minimum absolute atomic E-state index is 0.155. The molecule has 138 valence electrons. The fraction of sp³-hybridized carbons (Fsp3) is 0.238. The molecule has 0 bridgehead atoms. The normalized spacial score (nSPS) is 18.3. The second kappa shape index (κ2) is 6.79. The lowest BCUT2D eigenvalue weighted by Gasteiger charge is -2.31. The first kappa shape index (κ1) is 17.1. The zero-order valence-corrected chi connectivity index (χ0v) is 15.1. The number of para-hydroxylation sites is 2. The Kier molecular flexibility index (Phi) is 4.32. The molecular weight excluding hydrogens is 344 g/mol. The fourth-order valence-electron chi connectivity index (χ4n) is 3.32. The third kappa shape index (κ3) is 3.26. The van der Waals surface area contributed by atoms with E-state index in [0.29, 0.717) is 22.7 Å². The van der Waals surface area contributed by atoms with Gasteiger partial charge < -0.3 is 19.8 Å². The van der Waals surface area contributed by atoms with E-state index in [1.807, 2.05) is 37.3 Å². The molecule has 1 amide bonds. The molecule has 0 radical (unpaired) electrons. The maximum atomic E-state index is 12.7. The summed E-state index contributed by atoms with van der Waals surface area (Å²) in [4.78, 5) is 27.4. The van der Waals surface area contributed by atoms with Gasteiger partial charge in [-0.1, -0.05) is 25.1 Å². The van der Waals surface area contributed by atoms with Gasteiger partial charge in [0.15, 0.2) is 11.5 Å². The number of anilines is 1. The minimum atomic E-state index is -0.767. The maximum Gasteiger partial charge on any atom is 0.269 e. The molecule has 1 aliphatic rings. The molecule has 27 heavy (non-hydrogen) atoms. The zero-order valence-electron chi connectivity index (χ0n) is 15.1. The van der Waals surface area contributed by atoms with Crippen LogP contribution in [-0.2, 0) is 11.2 Å². The summed E-state index contributed by atoms with van der Waals surface area (Å²) in [6, 6.07) is 14.4. The van der Waals surface area contributed by atoms with E-state index in [-0.39, 0.29) is 11.5 Å². The van der Waals surface area contributed by atoms with Gasteiger partial charge in [0.2, 0.25) is 11.7 Å². The van der Waals surface area contributed by atoms with Crippen LogP contribution in [0.5, 0.6) is 11.5 Å². The van der Waals surface area contributed by atoms with E-state index < -0.39 is 12.2 Å². The molecule has 6 heteroatoms. The van der Waals surface area contributed by atoms with E-state index >= 15 is 0 Å². The third-order valence-corrected chi connectivity index (χ3v) is 4.68. The second-order valence-corrected chi connectivity index (χ2v) is 6.57. The van der Waals surface area contributed by atoms with E-state index in [0.717, 1.165) is 17.4 Å². The average Bonchev–Trinajstić information content (AvgIpc) is 2.66. The second-order valence-electron chi connectivity index (χ2n) is 6.57. The van der Waals surface area contributed by atoms with Crippen molar-refractivity contribution in [3.8, 4) is 11.5 Å². The monoisotopic (exact) mass is 364 g/mol. The highest BCUT2D eigenvalue weighted by Crippen LogP contribution is 2.33. The number of fused-ring (bicyclic) bond motifs is 2. The summed E-state index contributed by atoms with van der Waals surface area (Å²) in [7, 11) is 0. The molecule has 0 spiro atoms. The van der Waals surface area contributed by atoms with Crippen LogP contribution >= 0.6 is 0 Å². The summed E-state index contributed by atoms with van der Waals surface area (Å²) in [6.07, 6.45) is -0.431. The number of aromatic nitrogens is 1. The van der Waals surface area contributed by atoms with Crippen molar-refractivity contribution in [2.75, 3.05) is 5.32 Å². The number of carbonyl (C=O) groups is 1. The van der Waals surface area contributed by atoms with E-state index in [2.05, 4.69) is 10.3 Å². The summed E-state index contributed by atoms with van der Waals surface area (Å²) < 4.78 is 11.6. The molecule has 0 aliphatic carbocycles. The Hall–Kier alpha value is -3.28. The standard InChI is InChI=1S/C21H20N2O4/c1-3-13-10-19(24)23-16-11-14(8-9-15(13)16)22-21(25)20-12(2)26-17-6-4-5-7-18(17)27-20/h4-12,20H,3H2,1-2H3,(H,22,25)(H,23,24). The molecule has 0 saturated carbocycles. The van der Waals surface area contributed by atoms with Gasteiger partial charge in [-0.2, -0.15) is 0 Å². The number of ether oxygens (including phenoxy) is 2. The molecule has 1 aromatic heterocycles. The number of H-pyrrole nitrogens is 1. The lowest BCUT2D eigenvalue weighted by Crippen LogP contribution is -2.46. The molecule has 0 fully saturated rings. The molecule has 2 N–H and O–H groups in total. The minimum Gasteiger partial charge on any atom is -0.482 e. The Morgan fingerprint density at radius 3 is 2.59 bits per heavy atom. The number of benzene rings is 2. The van der Waals surface area contributed by atoms with E-state index in [1.54, 1.807) is 25.1 Å². The first-order chi connectivity index (χ1) is 13.0. The Balaban J connectivity index is 1.59. The number of amides is 1. The van der Waals surface area contributed by atoms with Crippen molar-refractivity contribution in [2.24, 2.45) is 0 Å². The van der Waals surface area contributed by atoms with Gasteiger partial charge in [-0.15, -0.1) is 0 Å². The predicted octanol–water partition coefficient (Wildman–Crippen LogP) is 3.26. The molecule has 2 aromatic carbocycles. The lowest BCUT2D eigenvalue weighted by atomic mass is 10.1. The van der Waals surface area contributed by atoms with Crippen LogP contribution < -0.4 is 20.3 Å². The van der Waals surface area contributed by atoms with Crippen LogP contribution in [-0.4, -0.2) is 23.1 Å². The van der Waals surface area contributed by atoms with E-state index in [1.165, 1.54) is 0 Å². The number of aromatic amines is 1. The largest absolute Gasteiger partial charge is 0.482 e. The molecular formula is C21H20N2O4. The first-order valence-corrected chi connectivity index (χ1v) is 8.94. The van der Waals surface area contributed by atoms with Crippen LogP contribution in [0.1, 0.15) is 19.4 Å². The number of rotatable bonds is 3. The zero-order chi connectivity index (χ0) is 19.0. The Morgan fingerprint density at radius 2 is 1.85 bits per heavy atom. The van der Waals surface area contributed by atoms with Crippen molar-refractivity contribution >= 4 is 22.5 Å². The summed E-state index contributed by atoms with van der Waals surface area (Å²) in [5, 5.41) is 3.82. The summed E-state index contributed by atoms with van der Waals surface area (Å²) in [6.45, 7) is 3.80. The van der Waals surface area contributed by atoms with Crippen molar-refractivity contribution in [2.45, 2.75) is 32.5 Å². The number of aryl methyl sites for hydroxylation is 1. The van der Waals surface area contributed by atoms with Crippen molar-refractivity contribution in [3.05, 3.63) is 64.4 Å². The molecule has 4 rings (SSSR count). The maximum absolute atomic E-state index is 12.7. The van der Waals surface area contributed by atoms with Crippen LogP contribution in [0.2, 0.25) is 0 Å². The van der Waals surface area contributed by atoms with Crippen molar-refractivity contribution in [1.82, 2.24) is 4.98 Å². The van der Waals surface area contributed by atoms with Gasteiger partial charge in [-0.3, -0.25) is 9.59 Å². The van der Waals surface area contributed by atoms with Gasteiger partial charge in [0.1, 0.15) is 6.10 Å². The number of nitrogens with one attached hydrogen (secondary N) is 2. The fourth-order valence-corrected chi connectivity index (χ4v) is 3.32. The summed E-state index contributed by atoms with van der Waals surface area (Å²) in [5.41, 5.74) is 2.10. The number of pyridine rings is 1. The number of carbonyl (C=O) groups excluding carboxylic acids is 1. The van der Waals surface area contributed by atoms with Gasteiger partial charge in [0.05, 0.1) is 5.52 Å². The molecule has 3 aromatic rings. The van der Waals surface area contributed by atoms with Crippen LogP contribution in [0.3, 0.4) is 0 Å². The molecule has 2 atom stereocenters. The SMILES string of the molecule is CCc1cc(=O)[nH]c2cc(NC(=O)C3Oc4ccccc4OC3C)ccc12. The molecule has 0 saturated heterocycles. The lowest BCUT2D eigenvalue weighted by molar-refractivity contribution is -0.128. The summed E-state index contributed by atoms with van der Waals surface area (Å²) >= 11 is 0. The van der Waals surface area contributed by atoms with Crippen molar-refractivity contribution in [3.63, 3.8) is 0 Å². The molecule has 2 heterocycles. The third-order valence-electron chi connectivity index (χ3n) is 4.68. The first-order valence-electron chi connectivity index (χ1n) is 8.94. The van der Waals surface area contributed by atoms with Gasteiger partial charge in [-0.25, -0.2) is 0 Å². The quantitative estimate of drug-likeness (QED) is 0.748. The Morgan fingerprint density at radius 1 is 1.11 bits per heavy atom. The number of hydrogen-bond acceptors (Lipinski definition) is 4. The van der Waals surface area contributed by atoms with Gasteiger partial charge >= 0.3 is 0 Å². The van der Waals surface area contributed by atoms with Crippen LogP contribution in [0.4, 0.5) is 5.69 Å².